The van der Waals surface area contributed by atoms with Crippen molar-refractivity contribution >= 4 is 11.6 Å². The Hall–Kier alpha value is -2.04. The fourth-order valence-electron chi connectivity index (χ4n) is 6.83. The Bertz CT molecular complexity index is 855. The minimum atomic E-state index is -4.97. The van der Waals surface area contributed by atoms with Gasteiger partial charge in [0.25, 0.3) is 5.72 Å². The molecule has 4 bridgehead atoms. The van der Waals surface area contributed by atoms with Gasteiger partial charge >= 0.3 is 6.18 Å². The average Bonchev–Trinajstić information content (AvgIpc) is 3.21. The molecule has 6 rings (SSSR count). The van der Waals surface area contributed by atoms with Crippen molar-refractivity contribution in [2.75, 3.05) is 0 Å². The SMILES string of the molecule is CC1=NN(C(=O)CC23C[C@H]4C[C@H](C2)CC(n2ncnn2)(C4)C3)[C@@](O)(C(F)(F)F)C1. The highest BCUT2D eigenvalue weighted by molar-refractivity contribution is 5.89. The Morgan fingerprint density at radius 1 is 1.28 bits per heavy atom. The van der Waals surface area contributed by atoms with Crippen LogP contribution in [-0.4, -0.2) is 53.8 Å². The largest absolute Gasteiger partial charge is 0.438 e. The molecule has 5 aliphatic rings. The van der Waals surface area contributed by atoms with Crippen LogP contribution in [0.15, 0.2) is 11.4 Å². The van der Waals surface area contributed by atoms with E-state index in [4.69, 9.17) is 0 Å². The number of hydrazone groups is 1. The molecule has 0 saturated heterocycles. The van der Waals surface area contributed by atoms with Gasteiger partial charge < -0.3 is 5.11 Å². The summed E-state index contributed by atoms with van der Waals surface area (Å²) in [6.07, 6.45) is 0.750. The molecule has 0 radical (unpaired) electrons. The van der Waals surface area contributed by atoms with Gasteiger partial charge in [0.15, 0.2) is 6.33 Å². The van der Waals surface area contributed by atoms with Crippen molar-refractivity contribution < 1.29 is 23.1 Å². The molecule has 1 aromatic heterocycles. The minimum absolute atomic E-state index is 0.0639. The number of halogens is 3. The zero-order valence-electron chi connectivity index (χ0n) is 16.1. The molecule has 158 valence electrons. The molecule has 11 heteroatoms. The molecule has 4 fully saturated rings. The molecular weight excluding hydrogens is 389 g/mol. The van der Waals surface area contributed by atoms with Crippen LogP contribution < -0.4 is 0 Å². The third-order valence-corrected chi connectivity index (χ3v) is 7.26. The highest BCUT2D eigenvalue weighted by Crippen LogP contribution is 2.65. The molecule has 1 N–H and O–H groups in total. The van der Waals surface area contributed by atoms with E-state index in [9.17, 15) is 23.1 Å². The number of hydrogen-bond acceptors (Lipinski definition) is 6. The first kappa shape index (κ1) is 19.0. The molecule has 29 heavy (non-hydrogen) atoms. The molecule has 1 amide bonds. The number of tetrazole rings is 1. The highest BCUT2D eigenvalue weighted by atomic mass is 19.4. The van der Waals surface area contributed by atoms with E-state index < -0.39 is 29.6 Å². The third kappa shape index (κ3) is 2.72. The summed E-state index contributed by atoms with van der Waals surface area (Å²) >= 11 is 0. The third-order valence-electron chi connectivity index (χ3n) is 7.26. The van der Waals surface area contributed by atoms with Gasteiger partial charge in [0.2, 0.25) is 5.91 Å². The smallest absolute Gasteiger partial charge is 0.362 e. The van der Waals surface area contributed by atoms with Gasteiger partial charge in [-0.2, -0.15) is 28.1 Å². The first-order valence-electron chi connectivity index (χ1n) is 9.94. The van der Waals surface area contributed by atoms with E-state index in [0.717, 1.165) is 32.1 Å². The number of aliphatic hydroxyl groups is 1. The van der Waals surface area contributed by atoms with E-state index in [-0.39, 0.29) is 22.7 Å². The minimum Gasteiger partial charge on any atom is -0.362 e. The lowest BCUT2D eigenvalue weighted by Gasteiger charge is -2.61. The number of nitrogens with zero attached hydrogens (tertiary/aromatic N) is 6. The Balaban J connectivity index is 1.44. The molecule has 0 unspecified atom stereocenters. The molecule has 2 heterocycles. The second-order valence-corrected chi connectivity index (χ2v) is 9.62. The van der Waals surface area contributed by atoms with Crippen molar-refractivity contribution in [1.29, 1.82) is 0 Å². The number of carbonyl (C=O) groups is 1. The second-order valence-electron chi connectivity index (χ2n) is 9.62. The van der Waals surface area contributed by atoms with E-state index in [1.165, 1.54) is 13.3 Å². The Kier molecular flexibility index (Phi) is 3.77. The summed E-state index contributed by atoms with van der Waals surface area (Å²) in [4.78, 5) is 14.7. The van der Waals surface area contributed by atoms with E-state index in [2.05, 4.69) is 20.5 Å². The van der Waals surface area contributed by atoms with Gasteiger partial charge in [0.05, 0.1) is 5.54 Å². The fourth-order valence-corrected chi connectivity index (χ4v) is 6.83. The number of alkyl halides is 3. The summed E-state index contributed by atoms with van der Waals surface area (Å²) in [5, 5.41) is 26.5. The predicted octanol–water partition coefficient (Wildman–Crippen LogP) is 2.22. The van der Waals surface area contributed by atoms with Crippen LogP contribution in [0.4, 0.5) is 13.2 Å². The lowest BCUT2D eigenvalue weighted by atomic mass is 9.46. The topological polar surface area (TPSA) is 96.5 Å². The van der Waals surface area contributed by atoms with Crippen LogP contribution >= 0.6 is 0 Å². The van der Waals surface area contributed by atoms with Gasteiger partial charge in [-0.1, -0.05) is 0 Å². The maximum Gasteiger partial charge on any atom is 0.438 e. The second kappa shape index (κ2) is 5.77. The van der Waals surface area contributed by atoms with Gasteiger partial charge in [-0.15, -0.1) is 10.2 Å². The maximum absolute atomic E-state index is 13.5. The maximum atomic E-state index is 13.5. The van der Waals surface area contributed by atoms with Crippen LogP contribution in [0.25, 0.3) is 0 Å². The van der Waals surface area contributed by atoms with E-state index in [1.807, 2.05) is 0 Å². The summed E-state index contributed by atoms with van der Waals surface area (Å²) in [7, 11) is 0. The molecule has 8 nitrogen and oxygen atoms in total. The standard InChI is InChI=1S/C18H23F3N6O2/c1-11-3-17(29,18(19,20)21)26(24-11)14(28)8-15-4-12-2-13(5-15)7-16(6-12,9-15)27-23-10-22-25-27/h10,12-13,29H,2-9H2,1H3/t12-,13-,15?,16?,17+/m1/s1. The molecule has 4 aliphatic carbocycles. The van der Waals surface area contributed by atoms with Crippen molar-refractivity contribution in [3.8, 4) is 0 Å². The molecule has 4 saturated carbocycles. The van der Waals surface area contributed by atoms with E-state index in [0.29, 0.717) is 18.3 Å². The number of hydrogen-bond donors (Lipinski definition) is 1. The van der Waals surface area contributed by atoms with Gasteiger partial charge in [-0.05, 0) is 67.9 Å². The van der Waals surface area contributed by atoms with Gasteiger partial charge in [-0.25, -0.2) is 0 Å². The lowest BCUT2D eigenvalue weighted by molar-refractivity contribution is -0.303. The van der Waals surface area contributed by atoms with Crippen LogP contribution in [0.5, 0.6) is 0 Å². The van der Waals surface area contributed by atoms with Crippen molar-refractivity contribution in [3.05, 3.63) is 6.33 Å². The van der Waals surface area contributed by atoms with E-state index in [1.54, 1.807) is 4.80 Å². The molecule has 1 aliphatic heterocycles. The summed E-state index contributed by atoms with van der Waals surface area (Å²) < 4.78 is 40.6. The monoisotopic (exact) mass is 412 g/mol. The van der Waals surface area contributed by atoms with Crippen LogP contribution in [0, 0.1) is 17.3 Å². The van der Waals surface area contributed by atoms with Gasteiger partial charge in [0.1, 0.15) is 0 Å². The van der Waals surface area contributed by atoms with Crippen LogP contribution in [-0.2, 0) is 10.3 Å². The number of carbonyl (C=O) groups excluding carboxylic acids is 1. The molecule has 3 atom stereocenters. The predicted molar refractivity (Wildman–Crippen MR) is 93.1 cm³/mol. The number of amides is 1. The first-order chi connectivity index (χ1) is 13.5. The Labute approximate surface area is 165 Å². The Morgan fingerprint density at radius 2 is 1.97 bits per heavy atom. The molecular formula is C18H23F3N6O2. The fraction of sp³-hybridized carbons (Fsp3) is 0.833. The van der Waals surface area contributed by atoms with E-state index >= 15 is 0 Å². The summed E-state index contributed by atoms with van der Waals surface area (Å²) in [6, 6.07) is 0. The zero-order chi connectivity index (χ0) is 20.7. The Morgan fingerprint density at radius 3 is 2.55 bits per heavy atom. The van der Waals surface area contributed by atoms with Crippen molar-refractivity contribution in [2.45, 2.75) is 75.7 Å². The van der Waals surface area contributed by atoms with Crippen molar-refractivity contribution in [1.82, 2.24) is 25.2 Å². The van der Waals surface area contributed by atoms with Crippen LogP contribution in [0.1, 0.15) is 58.3 Å². The zero-order valence-corrected chi connectivity index (χ0v) is 16.1. The number of aromatic nitrogens is 4. The van der Waals surface area contributed by atoms with Crippen molar-refractivity contribution in [3.63, 3.8) is 0 Å². The summed E-state index contributed by atoms with van der Waals surface area (Å²) in [5.74, 6) is 0.00561. The quantitative estimate of drug-likeness (QED) is 0.821. The lowest BCUT2D eigenvalue weighted by Crippen LogP contribution is -2.60. The summed E-state index contributed by atoms with van der Waals surface area (Å²) in [5.41, 5.74) is -3.92. The molecule has 0 spiro atoms. The highest BCUT2D eigenvalue weighted by Gasteiger charge is 2.64. The number of rotatable bonds is 3. The van der Waals surface area contributed by atoms with Crippen molar-refractivity contribution in [2.24, 2.45) is 22.4 Å². The van der Waals surface area contributed by atoms with Crippen LogP contribution in [0.3, 0.4) is 0 Å². The van der Waals surface area contributed by atoms with Gasteiger partial charge in [0, 0.05) is 18.6 Å². The van der Waals surface area contributed by atoms with Gasteiger partial charge in [-0.3, -0.25) is 4.79 Å². The molecule has 1 aromatic rings. The van der Waals surface area contributed by atoms with Crippen LogP contribution in [0.2, 0.25) is 0 Å². The average molecular weight is 412 g/mol. The molecule has 0 aromatic carbocycles. The first-order valence-corrected chi connectivity index (χ1v) is 9.94. The summed E-state index contributed by atoms with van der Waals surface area (Å²) in [6.45, 7) is 1.39. The normalized spacial score (nSPS) is 41.1.